The largest absolute Gasteiger partial charge is 0.491 e. The van der Waals surface area contributed by atoms with Crippen molar-refractivity contribution >= 4 is 15.9 Å². The van der Waals surface area contributed by atoms with Gasteiger partial charge in [0.15, 0.2) is 0 Å². The quantitative estimate of drug-likeness (QED) is 0.822. The van der Waals surface area contributed by atoms with E-state index in [0.717, 1.165) is 16.0 Å². The molecule has 0 aromatic carbocycles. The van der Waals surface area contributed by atoms with Gasteiger partial charge >= 0.3 is 0 Å². The maximum atomic E-state index is 13.1. The lowest BCUT2D eigenvalue weighted by molar-refractivity contribution is -0.0499. The van der Waals surface area contributed by atoms with Crippen molar-refractivity contribution < 1.29 is 13.5 Å². The molecule has 0 unspecified atom stereocenters. The number of alkyl halides is 2. The van der Waals surface area contributed by atoms with E-state index in [-0.39, 0.29) is 18.8 Å². The van der Waals surface area contributed by atoms with Crippen molar-refractivity contribution in [2.45, 2.75) is 38.2 Å². The van der Waals surface area contributed by atoms with Crippen LogP contribution in [0.15, 0.2) is 16.7 Å². The molecule has 0 spiro atoms. The van der Waals surface area contributed by atoms with Crippen molar-refractivity contribution in [3.63, 3.8) is 0 Å². The van der Waals surface area contributed by atoms with Gasteiger partial charge in [-0.15, -0.1) is 0 Å². The molecule has 1 saturated carbocycles. The Labute approximate surface area is 126 Å². The normalized spacial score (nSPS) is 19.0. The molecule has 0 saturated heterocycles. The lowest BCUT2D eigenvalue weighted by Gasteiger charge is -2.28. The Kier molecular flexibility index (Phi) is 5.32. The van der Waals surface area contributed by atoms with Crippen LogP contribution in [0.1, 0.15) is 31.4 Å². The fraction of sp³-hybridized carbons (Fsp3) is 0.643. The molecule has 2 rings (SSSR count). The smallest absolute Gasteiger partial charge is 0.248 e. The van der Waals surface area contributed by atoms with Gasteiger partial charge in [-0.25, -0.2) is 13.8 Å². The number of nitrogens with one attached hydrogen (secondary N) is 1. The number of nitrogens with zero attached hydrogens (tertiary/aromatic N) is 1. The van der Waals surface area contributed by atoms with Crippen LogP contribution >= 0.6 is 15.9 Å². The van der Waals surface area contributed by atoms with Crippen LogP contribution in [0, 0.1) is 5.92 Å². The van der Waals surface area contributed by atoms with E-state index in [4.69, 9.17) is 4.74 Å². The first kappa shape index (κ1) is 15.6. The molecule has 1 aromatic heterocycles. The molecule has 6 heteroatoms. The summed E-state index contributed by atoms with van der Waals surface area (Å²) in [5.74, 6) is -1.55. The Morgan fingerprint density at radius 2 is 2.10 bits per heavy atom. The second-order valence-electron chi connectivity index (χ2n) is 5.22. The van der Waals surface area contributed by atoms with Gasteiger partial charge in [-0.3, -0.25) is 0 Å². The van der Waals surface area contributed by atoms with Crippen LogP contribution in [0.4, 0.5) is 8.78 Å². The van der Waals surface area contributed by atoms with E-state index < -0.39 is 5.92 Å². The number of ether oxygens (including phenoxy) is 1. The van der Waals surface area contributed by atoms with Crippen LogP contribution in [0.25, 0.3) is 0 Å². The van der Waals surface area contributed by atoms with Gasteiger partial charge in [0.2, 0.25) is 5.92 Å². The maximum absolute atomic E-state index is 13.1. The summed E-state index contributed by atoms with van der Waals surface area (Å²) in [6.07, 6.45) is 1.00. The summed E-state index contributed by atoms with van der Waals surface area (Å²) < 4.78 is 32.7. The summed E-state index contributed by atoms with van der Waals surface area (Å²) in [5, 5.41) is 3.04. The predicted molar refractivity (Wildman–Crippen MR) is 77.1 cm³/mol. The number of pyridine rings is 1. The molecule has 0 aliphatic heterocycles. The summed E-state index contributed by atoms with van der Waals surface area (Å²) in [6.45, 7) is 1.09. The molecular weight excluding hydrogens is 330 g/mol. The molecule has 0 radical (unpaired) electrons. The highest BCUT2D eigenvalue weighted by atomic mass is 79.9. The fourth-order valence-corrected chi connectivity index (χ4v) is 2.71. The number of halogens is 3. The molecule has 1 fully saturated rings. The van der Waals surface area contributed by atoms with Crippen LogP contribution in [-0.4, -0.2) is 24.6 Å². The minimum atomic E-state index is -2.48. The molecule has 20 heavy (non-hydrogen) atoms. The molecule has 3 nitrogen and oxygen atoms in total. The second kappa shape index (κ2) is 6.80. The fourth-order valence-electron chi connectivity index (χ4n) is 2.36. The maximum Gasteiger partial charge on any atom is 0.248 e. The Bertz CT molecular complexity index is 447. The van der Waals surface area contributed by atoms with Crippen LogP contribution in [0.2, 0.25) is 0 Å². The molecular formula is C14H19BrF2N2O. The van der Waals surface area contributed by atoms with Crippen molar-refractivity contribution in [2.24, 2.45) is 5.92 Å². The van der Waals surface area contributed by atoms with Gasteiger partial charge in [0.25, 0.3) is 0 Å². The topological polar surface area (TPSA) is 34.2 Å². The van der Waals surface area contributed by atoms with E-state index in [1.54, 1.807) is 0 Å². The first-order chi connectivity index (χ1) is 9.50. The van der Waals surface area contributed by atoms with Crippen molar-refractivity contribution in [1.82, 2.24) is 10.3 Å². The van der Waals surface area contributed by atoms with Gasteiger partial charge in [0, 0.05) is 19.4 Å². The van der Waals surface area contributed by atoms with Gasteiger partial charge < -0.3 is 10.1 Å². The summed E-state index contributed by atoms with van der Waals surface area (Å²) in [4.78, 5) is 4.36. The summed E-state index contributed by atoms with van der Waals surface area (Å²) in [5.41, 5.74) is 0.822. The number of aromatic nitrogens is 1. The summed E-state index contributed by atoms with van der Waals surface area (Å²) >= 11 is 3.33. The molecule has 0 amide bonds. The van der Waals surface area contributed by atoms with E-state index in [0.29, 0.717) is 26.0 Å². The van der Waals surface area contributed by atoms with Gasteiger partial charge in [-0.2, -0.15) is 0 Å². The van der Waals surface area contributed by atoms with Crippen LogP contribution < -0.4 is 10.1 Å². The zero-order valence-electron chi connectivity index (χ0n) is 11.5. The van der Waals surface area contributed by atoms with E-state index in [1.165, 1.54) is 0 Å². The average Bonchev–Trinajstić information content (AvgIpc) is 2.40. The number of hydrogen-bond acceptors (Lipinski definition) is 3. The van der Waals surface area contributed by atoms with Crippen molar-refractivity contribution in [3.05, 3.63) is 22.4 Å². The zero-order valence-corrected chi connectivity index (χ0v) is 13.1. The first-order valence-corrected chi connectivity index (χ1v) is 7.60. The third-order valence-corrected chi connectivity index (χ3v) is 4.00. The third-order valence-electron chi connectivity index (χ3n) is 3.55. The Morgan fingerprint density at radius 3 is 2.75 bits per heavy atom. The molecule has 0 bridgehead atoms. The standard InChI is InChI=1S/C14H19BrF2N2O/c1-18-8-11-12(2-3-13(15)19-11)20-9-10-4-6-14(16,17)7-5-10/h2-3,10,18H,4-9H2,1H3. The van der Waals surface area contributed by atoms with E-state index in [2.05, 4.69) is 26.2 Å². The number of rotatable bonds is 5. The molecule has 1 N–H and O–H groups in total. The van der Waals surface area contributed by atoms with Gasteiger partial charge in [-0.1, -0.05) is 0 Å². The molecule has 1 heterocycles. The van der Waals surface area contributed by atoms with Crippen molar-refractivity contribution in [3.8, 4) is 5.75 Å². The van der Waals surface area contributed by atoms with Gasteiger partial charge in [-0.05, 0) is 53.9 Å². The molecule has 1 aromatic rings. The summed E-state index contributed by atoms with van der Waals surface area (Å²) in [6, 6.07) is 3.69. The van der Waals surface area contributed by atoms with E-state index in [1.807, 2.05) is 19.2 Å². The third kappa shape index (κ3) is 4.38. The van der Waals surface area contributed by atoms with Crippen LogP contribution in [-0.2, 0) is 6.54 Å². The Morgan fingerprint density at radius 1 is 1.40 bits per heavy atom. The highest BCUT2D eigenvalue weighted by Gasteiger charge is 2.35. The monoisotopic (exact) mass is 348 g/mol. The SMILES string of the molecule is CNCc1nc(Br)ccc1OCC1CCC(F)(F)CC1. The molecule has 1 aliphatic rings. The molecule has 0 atom stereocenters. The molecule has 112 valence electrons. The Hall–Kier alpha value is -0.750. The van der Waals surface area contributed by atoms with E-state index >= 15 is 0 Å². The summed E-state index contributed by atoms with van der Waals surface area (Å²) in [7, 11) is 1.84. The van der Waals surface area contributed by atoms with Crippen molar-refractivity contribution in [2.75, 3.05) is 13.7 Å². The van der Waals surface area contributed by atoms with Gasteiger partial charge in [0.1, 0.15) is 10.4 Å². The number of hydrogen-bond donors (Lipinski definition) is 1. The minimum absolute atomic E-state index is 0.0248. The van der Waals surface area contributed by atoms with Crippen LogP contribution in [0.5, 0.6) is 5.75 Å². The molecule has 1 aliphatic carbocycles. The highest BCUT2D eigenvalue weighted by molar-refractivity contribution is 9.10. The second-order valence-corrected chi connectivity index (χ2v) is 6.03. The predicted octanol–water partition coefficient (Wildman–Crippen LogP) is 3.77. The van der Waals surface area contributed by atoms with Gasteiger partial charge in [0.05, 0.1) is 12.3 Å². The first-order valence-electron chi connectivity index (χ1n) is 6.81. The minimum Gasteiger partial charge on any atom is -0.491 e. The Balaban J connectivity index is 1.91. The van der Waals surface area contributed by atoms with E-state index in [9.17, 15) is 8.78 Å². The highest BCUT2D eigenvalue weighted by Crippen LogP contribution is 2.36. The van der Waals surface area contributed by atoms with Crippen molar-refractivity contribution in [1.29, 1.82) is 0 Å². The lowest BCUT2D eigenvalue weighted by atomic mass is 9.87. The zero-order chi connectivity index (χ0) is 14.6. The average molecular weight is 349 g/mol. The van der Waals surface area contributed by atoms with Crippen LogP contribution in [0.3, 0.4) is 0 Å². The lowest BCUT2D eigenvalue weighted by Crippen LogP contribution is -2.27.